The molecule has 18 heavy (non-hydrogen) atoms. The second kappa shape index (κ2) is 5.69. The smallest absolute Gasteiger partial charge is 0.245 e. The molecule has 2 heterocycles. The van der Waals surface area contributed by atoms with Crippen molar-refractivity contribution < 1.29 is 9.53 Å². The first-order chi connectivity index (χ1) is 8.64. The van der Waals surface area contributed by atoms with Gasteiger partial charge in [-0.25, -0.2) is 4.98 Å². The molecule has 0 unspecified atom stereocenters. The van der Waals surface area contributed by atoms with Crippen LogP contribution in [0.15, 0.2) is 23.2 Å². The monoisotopic (exact) mass is 267 g/mol. The van der Waals surface area contributed by atoms with Gasteiger partial charge in [-0.3, -0.25) is 4.79 Å². The van der Waals surface area contributed by atoms with Crippen molar-refractivity contribution in [2.45, 2.75) is 23.3 Å². The largest absolute Gasteiger partial charge is 0.381 e. The summed E-state index contributed by atoms with van der Waals surface area (Å²) in [4.78, 5) is 17.3. The number of ether oxygens (including phenoxy) is 1. The Morgan fingerprint density at radius 1 is 1.50 bits per heavy atom. The van der Waals surface area contributed by atoms with Crippen LogP contribution in [-0.4, -0.2) is 35.9 Å². The Morgan fingerprint density at radius 3 is 2.78 bits per heavy atom. The summed E-state index contributed by atoms with van der Waals surface area (Å²) in [5.41, 5.74) is 5.25. The summed E-state index contributed by atoms with van der Waals surface area (Å²) in [6, 6.07) is 3.70. The van der Waals surface area contributed by atoms with Crippen molar-refractivity contribution in [3.05, 3.63) is 18.3 Å². The lowest BCUT2D eigenvalue weighted by atomic mass is 9.90. The van der Waals surface area contributed by atoms with Crippen LogP contribution >= 0.6 is 11.8 Å². The van der Waals surface area contributed by atoms with Crippen LogP contribution in [0.4, 0.5) is 5.82 Å². The Labute approximate surface area is 110 Å². The number of thioether (sulfide) groups is 1. The molecule has 0 aliphatic carbocycles. The summed E-state index contributed by atoms with van der Waals surface area (Å²) in [7, 11) is 0. The third-order valence-corrected chi connectivity index (χ3v) is 3.76. The van der Waals surface area contributed by atoms with Gasteiger partial charge in [0.05, 0.1) is 0 Å². The minimum absolute atomic E-state index is 0.185. The fourth-order valence-corrected chi connectivity index (χ4v) is 2.14. The predicted octanol–water partition coefficient (Wildman–Crippen LogP) is 1.25. The normalized spacial score (nSPS) is 18.3. The van der Waals surface area contributed by atoms with E-state index in [0.29, 0.717) is 31.9 Å². The van der Waals surface area contributed by atoms with E-state index in [-0.39, 0.29) is 5.91 Å². The zero-order valence-electron chi connectivity index (χ0n) is 10.3. The second-order valence-electron chi connectivity index (χ2n) is 4.31. The molecule has 2 rings (SSSR count). The van der Waals surface area contributed by atoms with Crippen LogP contribution in [0.2, 0.25) is 0 Å². The SMILES string of the molecule is CSc1ccc(NC(=O)C2(N)CCOCC2)nc1. The molecular weight excluding hydrogens is 250 g/mol. The molecule has 6 heteroatoms. The maximum atomic E-state index is 12.1. The van der Waals surface area contributed by atoms with Gasteiger partial charge in [-0.2, -0.15) is 0 Å². The van der Waals surface area contributed by atoms with Crippen LogP contribution in [0.5, 0.6) is 0 Å². The maximum absolute atomic E-state index is 12.1. The number of anilines is 1. The van der Waals surface area contributed by atoms with E-state index in [2.05, 4.69) is 10.3 Å². The van der Waals surface area contributed by atoms with Crippen molar-refractivity contribution in [1.82, 2.24) is 4.98 Å². The van der Waals surface area contributed by atoms with Crippen molar-refractivity contribution in [3.8, 4) is 0 Å². The molecule has 0 spiro atoms. The molecule has 3 N–H and O–H groups in total. The standard InChI is InChI=1S/C12H17N3O2S/c1-18-9-2-3-10(14-8-9)15-11(16)12(13)4-6-17-7-5-12/h2-3,8H,4-7,13H2,1H3,(H,14,15,16). The van der Waals surface area contributed by atoms with E-state index in [4.69, 9.17) is 10.5 Å². The van der Waals surface area contributed by atoms with E-state index in [9.17, 15) is 4.79 Å². The maximum Gasteiger partial charge on any atom is 0.245 e. The molecular formula is C12H17N3O2S. The van der Waals surface area contributed by atoms with E-state index in [1.54, 1.807) is 24.0 Å². The summed E-state index contributed by atoms with van der Waals surface area (Å²) in [6.07, 6.45) is 4.79. The van der Waals surface area contributed by atoms with Crippen LogP contribution in [-0.2, 0) is 9.53 Å². The Morgan fingerprint density at radius 2 is 2.22 bits per heavy atom. The highest BCUT2D eigenvalue weighted by Crippen LogP contribution is 2.20. The number of amides is 1. The molecule has 1 fully saturated rings. The Bertz CT molecular complexity index is 416. The summed E-state index contributed by atoms with van der Waals surface area (Å²) in [5.74, 6) is 0.351. The lowest BCUT2D eigenvalue weighted by molar-refractivity contribution is -0.124. The topological polar surface area (TPSA) is 77.2 Å². The number of nitrogens with two attached hydrogens (primary N) is 1. The quantitative estimate of drug-likeness (QED) is 0.806. The summed E-state index contributed by atoms with van der Waals surface area (Å²) >= 11 is 1.61. The molecule has 0 bridgehead atoms. The van der Waals surface area contributed by atoms with Crippen LogP contribution in [0.3, 0.4) is 0 Å². The minimum Gasteiger partial charge on any atom is -0.381 e. The highest BCUT2D eigenvalue weighted by Gasteiger charge is 2.36. The molecule has 0 aromatic carbocycles. The number of nitrogens with one attached hydrogen (secondary N) is 1. The van der Waals surface area contributed by atoms with Crippen LogP contribution in [0.1, 0.15) is 12.8 Å². The van der Waals surface area contributed by atoms with Crippen molar-refractivity contribution in [2.24, 2.45) is 5.73 Å². The average Bonchev–Trinajstić information content (AvgIpc) is 2.40. The van der Waals surface area contributed by atoms with Crippen molar-refractivity contribution in [3.63, 3.8) is 0 Å². The third-order valence-electron chi connectivity index (χ3n) is 3.05. The first kappa shape index (κ1) is 13.3. The van der Waals surface area contributed by atoms with Gasteiger partial charge in [-0.1, -0.05) is 0 Å². The van der Waals surface area contributed by atoms with Gasteiger partial charge in [-0.15, -0.1) is 11.8 Å². The van der Waals surface area contributed by atoms with E-state index in [1.165, 1.54) is 0 Å². The lowest BCUT2D eigenvalue weighted by Gasteiger charge is -2.31. The molecule has 98 valence electrons. The van der Waals surface area contributed by atoms with Crippen LogP contribution in [0, 0.1) is 0 Å². The molecule has 0 saturated carbocycles. The van der Waals surface area contributed by atoms with Crippen molar-refractivity contribution >= 4 is 23.5 Å². The number of hydrogen-bond donors (Lipinski definition) is 2. The molecule has 0 atom stereocenters. The zero-order valence-corrected chi connectivity index (χ0v) is 11.1. The van der Waals surface area contributed by atoms with E-state index in [1.807, 2.05) is 12.3 Å². The molecule has 1 aliphatic rings. The van der Waals surface area contributed by atoms with E-state index >= 15 is 0 Å². The first-order valence-electron chi connectivity index (χ1n) is 5.82. The van der Waals surface area contributed by atoms with Crippen LogP contribution < -0.4 is 11.1 Å². The number of hydrogen-bond acceptors (Lipinski definition) is 5. The summed E-state index contributed by atoms with van der Waals surface area (Å²) in [5, 5.41) is 2.76. The number of aromatic nitrogens is 1. The molecule has 1 saturated heterocycles. The minimum atomic E-state index is -0.835. The van der Waals surface area contributed by atoms with Gasteiger partial charge in [0.25, 0.3) is 0 Å². The summed E-state index contributed by atoms with van der Waals surface area (Å²) < 4.78 is 5.22. The summed E-state index contributed by atoms with van der Waals surface area (Å²) in [6.45, 7) is 1.06. The number of rotatable bonds is 3. The van der Waals surface area contributed by atoms with Crippen molar-refractivity contribution in [1.29, 1.82) is 0 Å². The highest BCUT2D eigenvalue weighted by atomic mass is 32.2. The Kier molecular flexibility index (Phi) is 4.21. The fourth-order valence-electron chi connectivity index (χ4n) is 1.78. The van der Waals surface area contributed by atoms with Gasteiger partial charge in [0.15, 0.2) is 0 Å². The average molecular weight is 267 g/mol. The van der Waals surface area contributed by atoms with Gasteiger partial charge in [0.2, 0.25) is 5.91 Å². The van der Waals surface area contributed by atoms with E-state index in [0.717, 1.165) is 4.90 Å². The molecule has 1 aliphatic heterocycles. The highest BCUT2D eigenvalue weighted by molar-refractivity contribution is 7.98. The Balaban J connectivity index is 2.01. The molecule has 1 aromatic rings. The number of carbonyl (C=O) groups is 1. The predicted molar refractivity (Wildman–Crippen MR) is 71.6 cm³/mol. The van der Waals surface area contributed by atoms with Gasteiger partial charge in [-0.05, 0) is 31.2 Å². The van der Waals surface area contributed by atoms with Crippen molar-refractivity contribution in [2.75, 3.05) is 24.8 Å². The van der Waals surface area contributed by atoms with Gasteiger partial charge in [0, 0.05) is 24.3 Å². The van der Waals surface area contributed by atoms with Crippen LogP contribution in [0.25, 0.3) is 0 Å². The fraction of sp³-hybridized carbons (Fsp3) is 0.500. The van der Waals surface area contributed by atoms with Gasteiger partial charge >= 0.3 is 0 Å². The molecule has 1 aromatic heterocycles. The molecule has 1 amide bonds. The number of pyridine rings is 1. The van der Waals surface area contributed by atoms with E-state index < -0.39 is 5.54 Å². The third kappa shape index (κ3) is 3.01. The first-order valence-corrected chi connectivity index (χ1v) is 7.05. The molecule has 5 nitrogen and oxygen atoms in total. The molecule has 0 radical (unpaired) electrons. The second-order valence-corrected chi connectivity index (χ2v) is 5.19. The van der Waals surface area contributed by atoms with Gasteiger partial charge in [0.1, 0.15) is 11.4 Å². The Hall–Kier alpha value is -1.11. The number of carbonyl (C=O) groups excluding carboxylic acids is 1. The lowest BCUT2D eigenvalue weighted by Crippen LogP contribution is -2.54. The zero-order chi connectivity index (χ0) is 13.0. The van der Waals surface area contributed by atoms with Gasteiger partial charge < -0.3 is 15.8 Å². The number of nitrogens with zero attached hydrogens (tertiary/aromatic N) is 1.